The maximum absolute atomic E-state index is 12.6. The van der Waals surface area contributed by atoms with E-state index >= 15 is 0 Å². The Balaban J connectivity index is 1.47. The molecule has 8 heteroatoms. The zero-order valence-electron chi connectivity index (χ0n) is 15.2. The van der Waals surface area contributed by atoms with Gasteiger partial charge in [0, 0.05) is 19.2 Å². The molecule has 2 heterocycles. The molecule has 144 valence electrons. The van der Waals surface area contributed by atoms with Gasteiger partial charge in [-0.3, -0.25) is 4.72 Å². The zero-order chi connectivity index (χ0) is 18.9. The Morgan fingerprint density at radius 1 is 1.07 bits per heavy atom. The first-order valence-corrected chi connectivity index (χ1v) is 10.6. The number of sulfonamides is 1. The Morgan fingerprint density at radius 3 is 2.59 bits per heavy atom. The molecule has 0 amide bonds. The Kier molecular flexibility index (Phi) is 4.82. The van der Waals surface area contributed by atoms with E-state index in [2.05, 4.69) is 21.7 Å². The van der Waals surface area contributed by atoms with Crippen LogP contribution in [-0.4, -0.2) is 33.3 Å². The van der Waals surface area contributed by atoms with Crippen molar-refractivity contribution in [3.05, 3.63) is 36.5 Å². The average molecular weight is 389 g/mol. The normalized spacial score (nSPS) is 16.9. The van der Waals surface area contributed by atoms with E-state index < -0.39 is 10.0 Å². The Bertz CT molecular complexity index is 909. The van der Waals surface area contributed by atoms with Crippen LogP contribution in [0.15, 0.2) is 41.4 Å². The SMILES string of the molecule is CN(c1ccc(NS(=O)(=O)c2ccc3c(c2)OCO3)cn1)C1CCCCC1. The van der Waals surface area contributed by atoms with E-state index in [1.807, 2.05) is 6.07 Å². The number of nitrogens with one attached hydrogen (secondary N) is 1. The van der Waals surface area contributed by atoms with Crippen LogP contribution < -0.4 is 19.1 Å². The number of anilines is 2. The quantitative estimate of drug-likeness (QED) is 0.844. The molecule has 0 atom stereocenters. The third-order valence-corrected chi connectivity index (χ3v) is 6.52. The van der Waals surface area contributed by atoms with Crippen LogP contribution in [0.2, 0.25) is 0 Å². The summed E-state index contributed by atoms with van der Waals surface area (Å²) in [7, 11) is -1.68. The molecule has 1 aliphatic heterocycles. The first-order valence-electron chi connectivity index (χ1n) is 9.14. The molecule has 0 radical (unpaired) electrons. The molecule has 4 rings (SSSR count). The number of ether oxygens (including phenoxy) is 2. The molecule has 0 spiro atoms. The summed E-state index contributed by atoms with van der Waals surface area (Å²) in [4.78, 5) is 6.75. The smallest absolute Gasteiger partial charge is 0.262 e. The van der Waals surface area contributed by atoms with Crippen molar-refractivity contribution in [3.8, 4) is 11.5 Å². The van der Waals surface area contributed by atoms with Gasteiger partial charge in [-0.1, -0.05) is 19.3 Å². The molecule has 0 saturated heterocycles. The number of nitrogens with zero attached hydrogens (tertiary/aromatic N) is 2. The van der Waals surface area contributed by atoms with Gasteiger partial charge in [-0.05, 0) is 37.1 Å². The van der Waals surface area contributed by atoms with E-state index in [-0.39, 0.29) is 11.7 Å². The molecule has 2 aromatic rings. The Labute approximate surface area is 159 Å². The molecular weight excluding hydrogens is 366 g/mol. The highest BCUT2D eigenvalue weighted by atomic mass is 32.2. The van der Waals surface area contributed by atoms with Gasteiger partial charge in [-0.15, -0.1) is 0 Å². The van der Waals surface area contributed by atoms with Gasteiger partial charge in [0.25, 0.3) is 10.0 Å². The number of hydrogen-bond acceptors (Lipinski definition) is 6. The predicted molar refractivity (Wildman–Crippen MR) is 103 cm³/mol. The van der Waals surface area contributed by atoms with E-state index in [1.165, 1.54) is 44.2 Å². The fourth-order valence-electron chi connectivity index (χ4n) is 3.57. The minimum atomic E-state index is -3.73. The van der Waals surface area contributed by atoms with Gasteiger partial charge in [0.05, 0.1) is 16.8 Å². The molecule has 1 fully saturated rings. The third-order valence-electron chi connectivity index (χ3n) is 5.14. The minimum Gasteiger partial charge on any atom is -0.454 e. The highest BCUT2D eigenvalue weighted by Gasteiger charge is 2.21. The van der Waals surface area contributed by atoms with Crippen LogP contribution in [0.4, 0.5) is 11.5 Å². The summed E-state index contributed by atoms with van der Waals surface area (Å²) in [6.45, 7) is 0.103. The zero-order valence-corrected chi connectivity index (χ0v) is 16.0. The standard InChI is InChI=1S/C19H23N3O4S/c1-22(15-5-3-2-4-6-15)19-10-7-14(12-20-19)21-27(23,24)16-8-9-17-18(11-16)26-13-25-17/h7-12,15,21H,2-6,13H2,1H3. The van der Waals surface area contributed by atoms with Gasteiger partial charge in [0.15, 0.2) is 11.5 Å². The van der Waals surface area contributed by atoms with Crippen LogP contribution >= 0.6 is 0 Å². The highest BCUT2D eigenvalue weighted by Crippen LogP contribution is 2.34. The summed E-state index contributed by atoms with van der Waals surface area (Å²) in [5.41, 5.74) is 0.425. The molecule has 1 aliphatic carbocycles. The van der Waals surface area contributed by atoms with Crippen molar-refractivity contribution in [3.63, 3.8) is 0 Å². The molecule has 0 bridgehead atoms. The highest BCUT2D eigenvalue weighted by molar-refractivity contribution is 7.92. The first-order chi connectivity index (χ1) is 13.0. The van der Waals surface area contributed by atoms with E-state index in [1.54, 1.807) is 18.3 Å². The lowest BCUT2D eigenvalue weighted by atomic mass is 9.94. The largest absolute Gasteiger partial charge is 0.454 e. The van der Waals surface area contributed by atoms with E-state index in [4.69, 9.17) is 9.47 Å². The minimum absolute atomic E-state index is 0.103. The van der Waals surface area contributed by atoms with Crippen molar-refractivity contribution >= 4 is 21.5 Å². The lowest BCUT2D eigenvalue weighted by Gasteiger charge is -2.32. The van der Waals surface area contributed by atoms with Crippen molar-refractivity contribution in [1.82, 2.24) is 4.98 Å². The van der Waals surface area contributed by atoms with Gasteiger partial charge in [-0.25, -0.2) is 13.4 Å². The van der Waals surface area contributed by atoms with Crippen LogP contribution in [0.5, 0.6) is 11.5 Å². The fraction of sp³-hybridized carbons (Fsp3) is 0.421. The molecule has 0 unspecified atom stereocenters. The number of benzene rings is 1. The topological polar surface area (TPSA) is 80.8 Å². The second-order valence-corrected chi connectivity index (χ2v) is 8.61. The van der Waals surface area contributed by atoms with Gasteiger partial charge in [-0.2, -0.15) is 0 Å². The summed E-state index contributed by atoms with van der Waals surface area (Å²) in [6, 6.07) is 8.65. The molecule has 2 aliphatic rings. The summed E-state index contributed by atoms with van der Waals surface area (Å²) in [5.74, 6) is 1.83. The summed E-state index contributed by atoms with van der Waals surface area (Å²) >= 11 is 0. The number of fused-ring (bicyclic) bond motifs is 1. The lowest BCUT2D eigenvalue weighted by Crippen LogP contribution is -2.33. The van der Waals surface area contributed by atoms with Crippen LogP contribution in [-0.2, 0) is 10.0 Å². The predicted octanol–water partition coefficient (Wildman–Crippen LogP) is 3.38. The summed E-state index contributed by atoms with van der Waals surface area (Å²) < 4.78 is 38.3. The Morgan fingerprint density at radius 2 is 1.85 bits per heavy atom. The number of hydrogen-bond donors (Lipinski definition) is 1. The number of pyridine rings is 1. The van der Waals surface area contributed by atoms with Crippen LogP contribution in [0.25, 0.3) is 0 Å². The van der Waals surface area contributed by atoms with Gasteiger partial charge >= 0.3 is 0 Å². The molecule has 27 heavy (non-hydrogen) atoms. The molecule has 1 aromatic carbocycles. The van der Waals surface area contributed by atoms with Crippen molar-refractivity contribution < 1.29 is 17.9 Å². The molecule has 1 N–H and O–H groups in total. The lowest BCUT2D eigenvalue weighted by molar-refractivity contribution is 0.174. The van der Waals surface area contributed by atoms with Crippen molar-refractivity contribution in [1.29, 1.82) is 0 Å². The fourth-order valence-corrected chi connectivity index (χ4v) is 4.63. The van der Waals surface area contributed by atoms with Crippen LogP contribution in [0, 0.1) is 0 Å². The van der Waals surface area contributed by atoms with Crippen molar-refractivity contribution in [2.45, 2.75) is 43.0 Å². The summed E-state index contributed by atoms with van der Waals surface area (Å²) in [6.07, 6.45) is 7.72. The van der Waals surface area contributed by atoms with Crippen LogP contribution in [0.3, 0.4) is 0 Å². The van der Waals surface area contributed by atoms with Gasteiger partial charge < -0.3 is 14.4 Å². The van der Waals surface area contributed by atoms with Crippen molar-refractivity contribution in [2.75, 3.05) is 23.5 Å². The van der Waals surface area contributed by atoms with Crippen molar-refractivity contribution in [2.24, 2.45) is 0 Å². The average Bonchev–Trinajstić information content (AvgIpc) is 3.16. The molecule has 1 saturated carbocycles. The van der Waals surface area contributed by atoms with E-state index in [0.717, 1.165) is 5.82 Å². The molecule has 7 nitrogen and oxygen atoms in total. The van der Waals surface area contributed by atoms with E-state index in [9.17, 15) is 8.42 Å². The second kappa shape index (κ2) is 7.26. The maximum Gasteiger partial charge on any atom is 0.262 e. The summed E-state index contributed by atoms with van der Waals surface area (Å²) in [5, 5.41) is 0. The van der Waals surface area contributed by atoms with E-state index in [0.29, 0.717) is 23.2 Å². The number of aromatic nitrogens is 1. The van der Waals surface area contributed by atoms with Gasteiger partial charge in [0.1, 0.15) is 5.82 Å². The second-order valence-electron chi connectivity index (χ2n) is 6.93. The first kappa shape index (κ1) is 17.9. The number of rotatable bonds is 5. The Hall–Kier alpha value is -2.48. The van der Waals surface area contributed by atoms with Crippen LogP contribution in [0.1, 0.15) is 32.1 Å². The maximum atomic E-state index is 12.6. The third kappa shape index (κ3) is 3.80. The molecule has 1 aromatic heterocycles. The monoisotopic (exact) mass is 389 g/mol. The van der Waals surface area contributed by atoms with Gasteiger partial charge in [0.2, 0.25) is 6.79 Å². The molecular formula is C19H23N3O4S.